The van der Waals surface area contributed by atoms with Crippen molar-refractivity contribution in [2.24, 2.45) is 0 Å². The highest BCUT2D eigenvalue weighted by atomic mass is 16.5. The minimum Gasteiger partial charge on any atom is -0.379 e. The van der Waals surface area contributed by atoms with Crippen molar-refractivity contribution < 1.29 is 9.53 Å². The van der Waals surface area contributed by atoms with Gasteiger partial charge in [0.05, 0.1) is 13.2 Å². The lowest BCUT2D eigenvalue weighted by atomic mass is 10.3. The number of nitrogens with zero attached hydrogens (tertiary/aromatic N) is 2. The lowest BCUT2D eigenvalue weighted by Gasteiger charge is -2.30. The molecule has 5 nitrogen and oxygen atoms in total. The molecule has 0 atom stereocenters. The molecular formula is C11H21N3O2. The van der Waals surface area contributed by atoms with Gasteiger partial charge in [-0.15, -0.1) is 0 Å². The maximum Gasteiger partial charge on any atom is 0.223 e. The van der Waals surface area contributed by atoms with E-state index < -0.39 is 0 Å². The highest BCUT2D eigenvalue weighted by molar-refractivity contribution is 5.76. The summed E-state index contributed by atoms with van der Waals surface area (Å²) in [4.78, 5) is 16.2. The normalized spacial score (nSPS) is 23.4. The van der Waals surface area contributed by atoms with Gasteiger partial charge in [0, 0.05) is 52.2 Å². The second-order valence-corrected chi connectivity index (χ2v) is 4.33. The summed E-state index contributed by atoms with van der Waals surface area (Å²) in [5.41, 5.74) is 0. The fourth-order valence-corrected chi connectivity index (χ4v) is 2.15. The van der Waals surface area contributed by atoms with Crippen LogP contribution in [0.5, 0.6) is 0 Å². The summed E-state index contributed by atoms with van der Waals surface area (Å²) < 4.78 is 5.28. The van der Waals surface area contributed by atoms with E-state index in [-0.39, 0.29) is 0 Å². The Balaban J connectivity index is 1.65. The summed E-state index contributed by atoms with van der Waals surface area (Å²) in [6, 6.07) is 0. The van der Waals surface area contributed by atoms with E-state index in [0.29, 0.717) is 12.3 Å². The van der Waals surface area contributed by atoms with Crippen molar-refractivity contribution >= 4 is 5.91 Å². The smallest absolute Gasteiger partial charge is 0.223 e. The molecule has 0 aromatic carbocycles. The number of morpholine rings is 1. The van der Waals surface area contributed by atoms with Gasteiger partial charge in [-0.05, 0) is 0 Å². The number of carbonyl (C=O) groups is 1. The van der Waals surface area contributed by atoms with Crippen LogP contribution in [0.1, 0.15) is 6.42 Å². The Morgan fingerprint density at radius 3 is 2.50 bits per heavy atom. The SMILES string of the molecule is O=C(CCN1CCOCC1)N1CCNCC1. The van der Waals surface area contributed by atoms with Crippen LogP contribution in [0.2, 0.25) is 0 Å². The number of piperazine rings is 1. The zero-order valence-corrected chi connectivity index (χ0v) is 9.78. The second-order valence-electron chi connectivity index (χ2n) is 4.33. The first-order valence-electron chi connectivity index (χ1n) is 6.15. The molecule has 2 saturated heterocycles. The summed E-state index contributed by atoms with van der Waals surface area (Å²) in [6.45, 7) is 8.02. The van der Waals surface area contributed by atoms with Gasteiger partial charge in [0.15, 0.2) is 0 Å². The number of carbonyl (C=O) groups excluding carboxylic acids is 1. The molecule has 16 heavy (non-hydrogen) atoms. The molecular weight excluding hydrogens is 206 g/mol. The van der Waals surface area contributed by atoms with Crippen LogP contribution < -0.4 is 5.32 Å². The number of hydrogen-bond donors (Lipinski definition) is 1. The van der Waals surface area contributed by atoms with Crippen LogP contribution in [0.15, 0.2) is 0 Å². The van der Waals surface area contributed by atoms with Crippen molar-refractivity contribution in [1.29, 1.82) is 0 Å². The van der Waals surface area contributed by atoms with E-state index in [1.54, 1.807) is 0 Å². The number of hydrogen-bond acceptors (Lipinski definition) is 4. The first-order valence-corrected chi connectivity index (χ1v) is 6.15. The van der Waals surface area contributed by atoms with Gasteiger partial charge in [-0.25, -0.2) is 0 Å². The standard InChI is InChI=1S/C11H21N3O2/c15-11(14-5-2-12-3-6-14)1-4-13-7-9-16-10-8-13/h12H,1-10H2. The lowest BCUT2D eigenvalue weighted by molar-refractivity contribution is -0.132. The van der Waals surface area contributed by atoms with Gasteiger partial charge in [-0.1, -0.05) is 0 Å². The molecule has 0 spiro atoms. The van der Waals surface area contributed by atoms with Crippen LogP contribution in [-0.2, 0) is 9.53 Å². The highest BCUT2D eigenvalue weighted by Crippen LogP contribution is 2.01. The van der Waals surface area contributed by atoms with Gasteiger partial charge in [-0.2, -0.15) is 0 Å². The molecule has 2 aliphatic rings. The number of ether oxygens (including phenoxy) is 1. The average molecular weight is 227 g/mol. The van der Waals surface area contributed by atoms with Gasteiger partial charge in [0.1, 0.15) is 0 Å². The van der Waals surface area contributed by atoms with Crippen LogP contribution in [-0.4, -0.2) is 74.7 Å². The third kappa shape index (κ3) is 3.43. The predicted molar refractivity (Wildman–Crippen MR) is 61.3 cm³/mol. The van der Waals surface area contributed by atoms with E-state index in [2.05, 4.69) is 10.2 Å². The molecule has 0 aromatic heterocycles. The molecule has 0 aliphatic carbocycles. The van der Waals surface area contributed by atoms with Crippen molar-refractivity contribution in [3.63, 3.8) is 0 Å². The molecule has 1 N–H and O–H groups in total. The van der Waals surface area contributed by atoms with Gasteiger partial charge in [-0.3, -0.25) is 9.69 Å². The van der Waals surface area contributed by atoms with Gasteiger partial charge in [0.2, 0.25) is 5.91 Å². The Morgan fingerprint density at radius 2 is 1.81 bits per heavy atom. The molecule has 0 bridgehead atoms. The zero-order valence-electron chi connectivity index (χ0n) is 9.78. The quantitative estimate of drug-likeness (QED) is 0.681. The highest BCUT2D eigenvalue weighted by Gasteiger charge is 2.17. The lowest BCUT2D eigenvalue weighted by Crippen LogP contribution is -2.47. The molecule has 0 saturated carbocycles. The van der Waals surface area contributed by atoms with Crippen molar-refractivity contribution in [3.05, 3.63) is 0 Å². The molecule has 0 aromatic rings. The van der Waals surface area contributed by atoms with Crippen LogP contribution in [0.25, 0.3) is 0 Å². The Kier molecular flexibility index (Phi) is 4.56. The molecule has 0 radical (unpaired) electrons. The minimum absolute atomic E-state index is 0.299. The number of amides is 1. The maximum absolute atomic E-state index is 11.9. The zero-order chi connectivity index (χ0) is 11.2. The van der Waals surface area contributed by atoms with Crippen molar-refractivity contribution in [2.45, 2.75) is 6.42 Å². The maximum atomic E-state index is 11.9. The van der Waals surface area contributed by atoms with E-state index >= 15 is 0 Å². The summed E-state index contributed by atoms with van der Waals surface area (Å²) in [6.07, 6.45) is 0.653. The van der Waals surface area contributed by atoms with E-state index in [4.69, 9.17) is 4.74 Å². The fourth-order valence-electron chi connectivity index (χ4n) is 2.15. The fraction of sp³-hybridized carbons (Fsp3) is 0.909. The molecule has 5 heteroatoms. The van der Waals surface area contributed by atoms with Gasteiger partial charge >= 0.3 is 0 Å². The van der Waals surface area contributed by atoms with Crippen molar-refractivity contribution in [3.8, 4) is 0 Å². The summed E-state index contributed by atoms with van der Waals surface area (Å²) in [5.74, 6) is 0.299. The molecule has 1 amide bonds. The van der Waals surface area contributed by atoms with E-state index in [1.807, 2.05) is 4.90 Å². The van der Waals surface area contributed by atoms with Crippen molar-refractivity contribution in [1.82, 2.24) is 15.1 Å². The Bertz CT molecular complexity index is 223. The first-order chi connectivity index (χ1) is 7.86. The average Bonchev–Trinajstić information content (AvgIpc) is 2.38. The molecule has 2 heterocycles. The molecule has 92 valence electrons. The summed E-state index contributed by atoms with van der Waals surface area (Å²) in [7, 11) is 0. The molecule has 2 rings (SSSR count). The number of nitrogens with one attached hydrogen (secondary N) is 1. The van der Waals surface area contributed by atoms with Crippen LogP contribution >= 0.6 is 0 Å². The summed E-state index contributed by atoms with van der Waals surface area (Å²) >= 11 is 0. The minimum atomic E-state index is 0.299. The van der Waals surface area contributed by atoms with E-state index in [9.17, 15) is 4.79 Å². The van der Waals surface area contributed by atoms with Crippen LogP contribution in [0, 0.1) is 0 Å². The topological polar surface area (TPSA) is 44.8 Å². The summed E-state index contributed by atoms with van der Waals surface area (Å²) in [5, 5.41) is 3.25. The monoisotopic (exact) mass is 227 g/mol. The largest absolute Gasteiger partial charge is 0.379 e. The van der Waals surface area contributed by atoms with Gasteiger partial charge < -0.3 is 15.0 Å². The predicted octanol–water partition coefficient (Wildman–Crippen LogP) is -0.859. The van der Waals surface area contributed by atoms with Gasteiger partial charge in [0.25, 0.3) is 0 Å². The first kappa shape index (κ1) is 11.8. The van der Waals surface area contributed by atoms with Crippen molar-refractivity contribution in [2.75, 3.05) is 59.0 Å². The third-order valence-electron chi connectivity index (χ3n) is 3.22. The Hall–Kier alpha value is -0.650. The Labute approximate surface area is 96.7 Å². The van der Waals surface area contributed by atoms with E-state index in [1.165, 1.54) is 0 Å². The van der Waals surface area contributed by atoms with Crippen LogP contribution in [0.3, 0.4) is 0 Å². The molecule has 2 fully saturated rings. The second kappa shape index (κ2) is 6.18. The van der Waals surface area contributed by atoms with E-state index in [0.717, 1.165) is 59.0 Å². The Morgan fingerprint density at radius 1 is 1.12 bits per heavy atom. The third-order valence-corrected chi connectivity index (χ3v) is 3.22. The number of rotatable bonds is 3. The van der Waals surface area contributed by atoms with Crippen LogP contribution in [0.4, 0.5) is 0 Å². The molecule has 0 unspecified atom stereocenters. The molecule has 2 aliphatic heterocycles.